The number of hydrogen-bond acceptors (Lipinski definition) is 3. The molecule has 0 spiro atoms. The molecule has 0 saturated carbocycles. The molecule has 0 amide bonds. The van der Waals surface area contributed by atoms with Gasteiger partial charge in [0.25, 0.3) is 0 Å². The molecule has 142 valence electrons. The zero-order valence-electron chi connectivity index (χ0n) is 15.6. The van der Waals surface area contributed by atoms with Crippen LogP contribution in [0.25, 0.3) is 0 Å². The SMILES string of the molecule is CCC(CC)CCS(=O)(=O)NC(c1ccccc1)C(N)c1ccccc1. The lowest BCUT2D eigenvalue weighted by atomic mass is 9.95. The van der Waals surface area contributed by atoms with E-state index >= 15 is 0 Å². The highest BCUT2D eigenvalue weighted by atomic mass is 32.2. The van der Waals surface area contributed by atoms with E-state index in [0.717, 1.165) is 24.0 Å². The van der Waals surface area contributed by atoms with Gasteiger partial charge in [-0.3, -0.25) is 0 Å². The molecule has 0 fully saturated rings. The van der Waals surface area contributed by atoms with Crippen molar-refractivity contribution < 1.29 is 8.42 Å². The molecule has 2 aromatic carbocycles. The molecular formula is C21H30N2O2S. The zero-order chi connectivity index (χ0) is 19.0. The van der Waals surface area contributed by atoms with Crippen LogP contribution in [0.15, 0.2) is 60.7 Å². The van der Waals surface area contributed by atoms with Gasteiger partial charge < -0.3 is 5.73 Å². The van der Waals surface area contributed by atoms with Crippen LogP contribution in [0.4, 0.5) is 0 Å². The number of benzene rings is 2. The number of rotatable bonds is 10. The van der Waals surface area contributed by atoms with E-state index in [2.05, 4.69) is 18.6 Å². The van der Waals surface area contributed by atoms with Crippen LogP contribution in [0, 0.1) is 5.92 Å². The van der Waals surface area contributed by atoms with Gasteiger partial charge >= 0.3 is 0 Å². The Morgan fingerprint density at radius 3 is 1.88 bits per heavy atom. The van der Waals surface area contributed by atoms with Gasteiger partial charge in [0.15, 0.2) is 0 Å². The second-order valence-corrected chi connectivity index (χ2v) is 8.61. The second kappa shape index (κ2) is 9.86. The summed E-state index contributed by atoms with van der Waals surface area (Å²) in [7, 11) is -3.43. The van der Waals surface area contributed by atoms with Gasteiger partial charge in [0.05, 0.1) is 17.8 Å². The van der Waals surface area contributed by atoms with Crippen LogP contribution in [-0.4, -0.2) is 14.2 Å². The van der Waals surface area contributed by atoms with Gasteiger partial charge in [0, 0.05) is 0 Å². The van der Waals surface area contributed by atoms with Crippen LogP contribution in [0.5, 0.6) is 0 Å². The normalized spacial score (nSPS) is 14.3. The molecule has 0 aromatic heterocycles. The highest BCUT2D eigenvalue weighted by Gasteiger charge is 2.26. The number of nitrogens with two attached hydrogens (primary N) is 1. The van der Waals surface area contributed by atoms with Gasteiger partial charge in [-0.15, -0.1) is 0 Å². The van der Waals surface area contributed by atoms with Crippen LogP contribution in [0.2, 0.25) is 0 Å². The fourth-order valence-electron chi connectivity index (χ4n) is 3.15. The summed E-state index contributed by atoms with van der Waals surface area (Å²) >= 11 is 0. The highest BCUT2D eigenvalue weighted by molar-refractivity contribution is 7.89. The molecule has 0 aliphatic carbocycles. The maximum atomic E-state index is 12.7. The van der Waals surface area contributed by atoms with Crippen molar-refractivity contribution in [3.8, 4) is 0 Å². The molecule has 2 rings (SSSR count). The predicted molar refractivity (Wildman–Crippen MR) is 108 cm³/mol. The Morgan fingerprint density at radius 1 is 0.885 bits per heavy atom. The third-order valence-electron chi connectivity index (χ3n) is 4.96. The van der Waals surface area contributed by atoms with Crippen molar-refractivity contribution in [1.82, 2.24) is 4.72 Å². The van der Waals surface area contributed by atoms with E-state index in [-0.39, 0.29) is 5.75 Å². The average Bonchev–Trinajstić information content (AvgIpc) is 2.68. The molecule has 0 aliphatic heterocycles. The molecule has 0 radical (unpaired) electrons. The molecule has 0 heterocycles. The smallest absolute Gasteiger partial charge is 0.212 e. The first-order chi connectivity index (χ1) is 12.5. The molecule has 2 unspecified atom stereocenters. The van der Waals surface area contributed by atoms with Crippen molar-refractivity contribution in [3.63, 3.8) is 0 Å². The van der Waals surface area contributed by atoms with Crippen LogP contribution in [-0.2, 0) is 10.0 Å². The molecular weight excluding hydrogens is 344 g/mol. The molecule has 5 heteroatoms. The van der Waals surface area contributed by atoms with E-state index in [1.807, 2.05) is 60.7 Å². The van der Waals surface area contributed by atoms with Crippen LogP contribution >= 0.6 is 0 Å². The van der Waals surface area contributed by atoms with Crippen molar-refractivity contribution in [2.24, 2.45) is 11.7 Å². The van der Waals surface area contributed by atoms with Crippen LogP contribution in [0.3, 0.4) is 0 Å². The maximum Gasteiger partial charge on any atom is 0.212 e. The first kappa shape index (κ1) is 20.6. The Labute approximate surface area is 157 Å². The van der Waals surface area contributed by atoms with Crippen molar-refractivity contribution in [2.75, 3.05) is 5.75 Å². The Morgan fingerprint density at radius 2 is 1.38 bits per heavy atom. The number of hydrogen-bond donors (Lipinski definition) is 2. The van der Waals surface area contributed by atoms with Gasteiger partial charge in [-0.2, -0.15) is 0 Å². The van der Waals surface area contributed by atoms with E-state index in [4.69, 9.17) is 5.73 Å². The molecule has 3 N–H and O–H groups in total. The highest BCUT2D eigenvalue weighted by Crippen LogP contribution is 2.28. The molecule has 2 aromatic rings. The summed E-state index contributed by atoms with van der Waals surface area (Å²) in [5, 5.41) is 0. The lowest BCUT2D eigenvalue weighted by molar-refractivity contribution is 0.465. The van der Waals surface area contributed by atoms with E-state index in [1.54, 1.807) is 0 Å². The van der Waals surface area contributed by atoms with E-state index in [1.165, 1.54) is 0 Å². The summed E-state index contributed by atoms with van der Waals surface area (Å²) in [6.07, 6.45) is 2.67. The van der Waals surface area contributed by atoms with Gasteiger partial charge in [0.1, 0.15) is 0 Å². The monoisotopic (exact) mass is 374 g/mol. The first-order valence-electron chi connectivity index (χ1n) is 9.32. The molecule has 0 aliphatic rings. The Bertz CT molecular complexity index is 744. The van der Waals surface area contributed by atoms with Gasteiger partial charge in [-0.25, -0.2) is 13.1 Å². The average molecular weight is 375 g/mol. The van der Waals surface area contributed by atoms with Crippen molar-refractivity contribution in [2.45, 2.75) is 45.2 Å². The fourth-order valence-corrected chi connectivity index (χ4v) is 4.58. The predicted octanol–water partition coefficient (Wildman–Crippen LogP) is 4.17. The minimum atomic E-state index is -3.43. The summed E-state index contributed by atoms with van der Waals surface area (Å²) in [4.78, 5) is 0. The number of sulfonamides is 1. The number of nitrogens with one attached hydrogen (secondary N) is 1. The van der Waals surface area contributed by atoms with E-state index < -0.39 is 22.1 Å². The van der Waals surface area contributed by atoms with Crippen LogP contribution in [0.1, 0.15) is 56.3 Å². The Hall–Kier alpha value is -1.69. The van der Waals surface area contributed by atoms with Gasteiger partial charge in [-0.1, -0.05) is 87.4 Å². The minimum absolute atomic E-state index is 0.129. The maximum absolute atomic E-state index is 12.7. The van der Waals surface area contributed by atoms with Crippen molar-refractivity contribution >= 4 is 10.0 Å². The fraction of sp³-hybridized carbons (Fsp3) is 0.429. The third-order valence-corrected chi connectivity index (χ3v) is 6.34. The minimum Gasteiger partial charge on any atom is -0.322 e. The third kappa shape index (κ3) is 5.94. The Kier molecular flexibility index (Phi) is 7.82. The zero-order valence-corrected chi connectivity index (χ0v) is 16.5. The van der Waals surface area contributed by atoms with Gasteiger partial charge in [0.2, 0.25) is 10.0 Å². The lowest BCUT2D eigenvalue weighted by Gasteiger charge is -2.26. The summed E-state index contributed by atoms with van der Waals surface area (Å²) < 4.78 is 28.3. The standard InChI is InChI=1S/C21H30N2O2S/c1-3-17(4-2)15-16-26(24,25)23-21(19-13-9-6-10-14-19)20(22)18-11-7-5-8-12-18/h5-14,17,20-21,23H,3-4,15-16,22H2,1-2H3. The largest absolute Gasteiger partial charge is 0.322 e. The molecule has 26 heavy (non-hydrogen) atoms. The molecule has 4 nitrogen and oxygen atoms in total. The van der Waals surface area contributed by atoms with Crippen molar-refractivity contribution in [3.05, 3.63) is 71.8 Å². The van der Waals surface area contributed by atoms with Crippen molar-refractivity contribution in [1.29, 1.82) is 0 Å². The molecule has 2 atom stereocenters. The first-order valence-corrected chi connectivity index (χ1v) is 11.0. The molecule has 0 saturated heterocycles. The topological polar surface area (TPSA) is 72.2 Å². The van der Waals surface area contributed by atoms with E-state index in [0.29, 0.717) is 12.3 Å². The Balaban J connectivity index is 2.22. The summed E-state index contributed by atoms with van der Waals surface area (Å²) in [5.74, 6) is 0.564. The lowest BCUT2D eigenvalue weighted by Crippen LogP contribution is -2.37. The second-order valence-electron chi connectivity index (χ2n) is 6.73. The summed E-state index contributed by atoms with van der Waals surface area (Å²) in [5.41, 5.74) is 8.24. The van der Waals surface area contributed by atoms with E-state index in [9.17, 15) is 8.42 Å². The summed E-state index contributed by atoms with van der Waals surface area (Å²) in [6.45, 7) is 4.21. The van der Waals surface area contributed by atoms with Crippen LogP contribution < -0.4 is 10.5 Å². The van der Waals surface area contributed by atoms with Gasteiger partial charge in [-0.05, 0) is 23.5 Å². The quantitative estimate of drug-likeness (QED) is 0.655. The summed E-state index contributed by atoms with van der Waals surface area (Å²) in [6, 6.07) is 18.2. The molecule has 0 bridgehead atoms.